The minimum absolute atomic E-state index is 0.0148. The predicted octanol–water partition coefficient (Wildman–Crippen LogP) is 5.10. The van der Waals surface area contributed by atoms with Gasteiger partial charge in [-0.1, -0.05) is 0 Å². The zero-order chi connectivity index (χ0) is 24.3. The highest BCUT2D eigenvalue weighted by Gasteiger charge is 2.30. The van der Waals surface area contributed by atoms with Crippen molar-refractivity contribution in [1.82, 2.24) is 9.38 Å². The van der Waals surface area contributed by atoms with Crippen molar-refractivity contribution in [2.24, 2.45) is 0 Å². The van der Waals surface area contributed by atoms with E-state index in [4.69, 9.17) is 18.9 Å². The van der Waals surface area contributed by atoms with Gasteiger partial charge >= 0.3 is 6.18 Å². The van der Waals surface area contributed by atoms with Crippen molar-refractivity contribution >= 4 is 11.4 Å². The largest absolute Gasteiger partial charge is 0.496 e. The number of nitrogens with zero attached hydrogens (tertiary/aromatic N) is 2. The highest BCUT2D eigenvalue weighted by atomic mass is 19.4. The number of pyridine rings is 1. The van der Waals surface area contributed by atoms with Crippen LogP contribution in [0, 0.1) is 0 Å². The zero-order valence-electron chi connectivity index (χ0n) is 18.9. The first-order valence-electron chi connectivity index (χ1n) is 10.9. The number of halogens is 3. The number of imidazole rings is 1. The van der Waals surface area contributed by atoms with Gasteiger partial charge in [-0.3, -0.25) is 9.20 Å². The molecule has 34 heavy (non-hydrogen) atoms. The fraction of sp³-hybridized carbons (Fsp3) is 0.417. The maximum absolute atomic E-state index is 12.6. The van der Waals surface area contributed by atoms with E-state index in [2.05, 4.69) is 4.98 Å². The Kier molecular flexibility index (Phi) is 6.97. The topological polar surface area (TPSA) is 71.3 Å². The van der Waals surface area contributed by atoms with Gasteiger partial charge in [0.25, 0.3) is 0 Å². The van der Waals surface area contributed by atoms with Crippen LogP contribution in [0.4, 0.5) is 13.2 Å². The molecule has 7 nitrogen and oxygen atoms in total. The number of Topliss-reactive ketones (excluding diaryl/α,β-unsaturated/α-hetero) is 1. The molecule has 0 spiro atoms. The van der Waals surface area contributed by atoms with Crippen molar-refractivity contribution in [3.8, 4) is 28.5 Å². The number of hydrogen-bond acceptors (Lipinski definition) is 6. The van der Waals surface area contributed by atoms with Crippen LogP contribution in [0.15, 0.2) is 36.7 Å². The van der Waals surface area contributed by atoms with Crippen LogP contribution in [0.1, 0.15) is 36.0 Å². The van der Waals surface area contributed by atoms with Crippen LogP contribution in [0.2, 0.25) is 0 Å². The molecule has 3 heterocycles. The quantitative estimate of drug-likeness (QED) is 0.420. The minimum atomic E-state index is -4.43. The molecule has 0 unspecified atom stereocenters. The molecule has 1 saturated heterocycles. The van der Waals surface area contributed by atoms with Crippen molar-refractivity contribution in [3.05, 3.63) is 42.2 Å². The third-order valence-electron chi connectivity index (χ3n) is 5.67. The predicted molar refractivity (Wildman–Crippen MR) is 118 cm³/mol. The van der Waals surface area contributed by atoms with Gasteiger partial charge in [-0.25, -0.2) is 4.98 Å². The Labute approximate surface area is 194 Å². The second-order valence-electron chi connectivity index (χ2n) is 7.96. The summed E-state index contributed by atoms with van der Waals surface area (Å²) in [6.07, 6.45) is -1.09. The lowest BCUT2D eigenvalue weighted by Crippen LogP contribution is -2.25. The fourth-order valence-corrected chi connectivity index (χ4v) is 3.95. The summed E-state index contributed by atoms with van der Waals surface area (Å²) in [6.45, 7) is 1.36. The number of aromatic nitrogens is 2. The molecule has 3 aromatic rings. The molecule has 2 aromatic heterocycles. The first-order valence-corrected chi connectivity index (χ1v) is 10.9. The van der Waals surface area contributed by atoms with Crippen LogP contribution in [0.3, 0.4) is 0 Å². The van der Waals surface area contributed by atoms with Gasteiger partial charge in [-0.2, -0.15) is 13.2 Å². The van der Waals surface area contributed by atoms with Crippen molar-refractivity contribution in [3.63, 3.8) is 0 Å². The standard InChI is InChI=1S/C24H25F3N2O5/c1-31-20-11-15(12-21(32-2)23(20)19(30)3-7-24(25,26)27)18-14-28-22-13-17(4-8-29(18)22)34-16-5-9-33-10-6-16/h4,8,11-14,16H,3,5-7,9-10H2,1-2H3. The van der Waals surface area contributed by atoms with Gasteiger partial charge in [0.05, 0.1) is 45.7 Å². The van der Waals surface area contributed by atoms with Crippen LogP contribution < -0.4 is 14.2 Å². The van der Waals surface area contributed by atoms with E-state index in [0.717, 1.165) is 12.8 Å². The first kappa shape index (κ1) is 23.9. The van der Waals surface area contributed by atoms with E-state index in [-0.39, 0.29) is 23.2 Å². The van der Waals surface area contributed by atoms with Crippen LogP contribution >= 0.6 is 0 Å². The number of fused-ring (bicyclic) bond motifs is 1. The number of alkyl halides is 3. The third-order valence-corrected chi connectivity index (χ3v) is 5.67. The van der Waals surface area contributed by atoms with Crippen LogP contribution in [-0.2, 0) is 4.74 Å². The third kappa shape index (κ3) is 5.27. The molecule has 1 aliphatic rings. The molecule has 1 aromatic carbocycles. The molecule has 0 N–H and O–H groups in total. The van der Waals surface area contributed by atoms with E-state index in [1.54, 1.807) is 18.3 Å². The average molecular weight is 478 g/mol. The number of rotatable bonds is 8. The van der Waals surface area contributed by atoms with Crippen LogP contribution in [0.25, 0.3) is 16.9 Å². The van der Waals surface area contributed by atoms with Gasteiger partial charge in [0.2, 0.25) is 0 Å². The summed E-state index contributed by atoms with van der Waals surface area (Å²) < 4.78 is 61.8. The maximum atomic E-state index is 12.6. The van der Waals surface area contributed by atoms with Gasteiger partial charge in [0.1, 0.15) is 34.6 Å². The number of hydrogen-bond donors (Lipinski definition) is 0. The number of carbonyl (C=O) groups is 1. The Balaban J connectivity index is 1.64. The highest BCUT2D eigenvalue weighted by Crippen LogP contribution is 2.37. The second-order valence-corrected chi connectivity index (χ2v) is 7.96. The number of ether oxygens (including phenoxy) is 4. The Morgan fingerprint density at radius 3 is 2.44 bits per heavy atom. The molecule has 0 radical (unpaired) electrons. The molecule has 1 aliphatic heterocycles. The summed E-state index contributed by atoms with van der Waals surface area (Å²) in [4.78, 5) is 17.0. The van der Waals surface area contributed by atoms with Crippen molar-refractivity contribution in [1.29, 1.82) is 0 Å². The fourth-order valence-electron chi connectivity index (χ4n) is 3.95. The Bertz CT molecular complexity index is 1140. The highest BCUT2D eigenvalue weighted by molar-refractivity contribution is 6.02. The molecule has 0 aliphatic carbocycles. The molecule has 0 amide bonds. The van der Waals surface area contributed by atoms with Crippen molar-refractivity contribution in [2.45, 2.75) is 38.0 Å². The van der Waals surface area contributed by atoms with E-state index in [0.29, 0.717) is 35.9 Å². The molecular weight excluding hydrogens is 453 g/mol. The van der Waals surface area contributed by atoms with E-state index in [9.17, 15) is 18.0 Å². The number of carbonyl (C=O) groups excluding carboxylic acids is 1. The van der Waals surface area contributed by atoms with Crippen LogP contribution in [-0.4, -0.2) is 54.9 Å². The van der Waals surface area contributed by atoms with E-state index in [1.165, 1.54) is 14.2 Å². The Morgan fingerprint density at radius 2 is 1.82 bits per heavy atom. The molecule has 1 fully saturated rings. The zero-order valence-corrected chi connectivity index (χ0v) is 18.9. The smallest absolute Gasteiger partial charge is 0.389 e. The maximum Gasteiger partial charge on any atom is 0.389 e. The summed E-state index contributed by atoms with van der Waals surface area (Å²) in [5.41, 5.74) is 1.96. The normalized spacial score (nSPS) is 14.9. The molecular formula is C24H25F3N2O5. The number of benzene rings is 1. The van der Waals surface area contributed by atoms with E-state index >= 15 is 0 Å². The Hall–Kier alpha value is -3.27. The second kappa shape index (κ2) is 9.92. The summed E-state index contributed by atoms with van der Waals surface area (Å²) in [5, 5.41) is 0. The van der Waals surface area contributed by atoms with E-state index in [1.807, 2.05) is 22.7 Å². The SMILES string of the molecule is COc1cc(-c2cnc3cc(OC4CCOCC4)ccn23)cc(OC)c1C(=O)CCC(F)(F)F. The summed E-state index contributed by atoms with van der Waals surface area (Å²) >= 11 is 0. The van der Waals surface area contributed by atoms with Gasteiger partial charge < -0.3 is 18.9 Å². The average Bonchev–Trinajstić information content (AvgIpc) is 3.25. The number of ketones is 1. The van der Waals surface area contributed by atoms with Gasteiger partial charge in [-0.05, 0) is 18.2 Å². The van der Waals surface area contributed by atoms with Gasteiger partial charge in [0.15, 0.2) is 5.78 Å². The molecule has 182 valence electrons. The Morgan fingerprint density at radius 1 is 1.15 bits per heavy atom. The summed E-state index contributed by atoms with van der Waals surface area (Å²) in [5.74, 6) is 0.273. The monoisotopic (exact) mass is 478 g/mol. The lowest BCUT2D eigenvalue weighted by Gasteiger charge is -2.23. The minimum Gasteiger partial charge on any atom is -0.496 e. The van der Waals surface area contributed by atoms with Crippen molar-refractivity contribution < 1.29 is 36.9 Å². The summed E-state index contributed by atoms with van der Waals surface area (Å²) in [7, 11) is 2.71. The molecule has 0 saturated carbocycles. The van der Waals surface area contributed by atoms with Gasteiger partial charge in [0, 0.05) is 37.1 Å². The molecule has 10 heteroatoms. The number of methoxy groups -OCH3 is 2. The van der Waals surface area contributed by atoms with Gasteiger partial charge in [-0.15, -0.1) is 0 Å². The molecule has 4 rings (SSSR count). The molecule has 0 bridgehead atoms. The summed E-state index contributed by atoms with van der Waals surface area (Å²) in [6, 6.07) is 6.87. The lowest BCUT2D eigenvalue weighted by molar-refractivity contribution is -0.133. The first-order chi connectivity index (χ1) is 16.3. The van der Waals surface area contributed by atoms with Crippen molar-refractivity contribution in [2.75, 3.05) is 27.4 Å². The molecule has 0 atom stereocenters. The van der Waals surface area contributed by atoms with E-state index < -0.39 is 24.8 Å². The lowest BCUT2D eigenvalue weighted by atomic mass is 10.0. The van der Waals surface area contributed by atoms with Crippen LogP contribution in [0.5, 0.6) is 17.2 Å².